The monoisotopic (exact) mass is 398 g/mol. The molecule has 1 aliphatic rings. The lowest BCUT2D eigenvalue weighted by Gasteiger charge is -2.37. The minimum atomic E-state index is -4.49. The zero-order chi connectivity index (χ0) is 19.4. The fourth-order valence-electron chi connectivity index (χ4n) is 2.95. The van der Waals surface area contributed by atoms with E-state index in [-0.39, 0.29) is 16.7 Å². The summed E-state index contributed by atoms with van der Waals surface area (Å²) in [5, 5.41) is 2.85. The van der Waals surface area contributed by atoms with Gasteiger partial charge in [-0.1, -0.05) is 11.6 Å². The third-order valence-corrected chi connectivity index (χ3v) is 4.60. The fourth-order valence-corrected chi connectivity index (χ4v) is 3.12. The SMILES string of the molecule is O=C(NCc1ccncc1)N1CCN(c2ccc(Cl)cc2C(F)(F)F)CC1. The Kier molecular flexibility index (Phi) is 5.74. The van der Waals surface area contributed by atoms with E-state index in [2.05, 4.69) is 10.3 Å². The Bertz CT molecular complexity index is 793. The van der Waals surface area contributed by atoms with Crippen LogP contribution < -0.4 is 10.2 Å². The second-order valence-corrected chi connectivity index (χ2v) is 6.58. The summed E-state index contributed by atoms with van der Waals surface area (Å²) >= 11 is 5.73. The van der Waals surface area contributed by atoms with Crippen molar-refractivity contribution in [1.29, 1.82) is 0 Å². The fraction of sp³-hybridized carbons (Fsp3) is 0.333. The Morgan fingerprint density at radius 3 is 2.41 bits per heavy atom. The largest absolute Gasteiger partial charge is 0.418 e. The van der Waals surface area contributed by atoms with E-state index in [4.69, 9.17) is 11.6 Å². The van der Waals surface area contributed by atoms with E-state index in [0.29, 0.717) is 32.7 Å². The maximum atomic E-state index is 13.3. The predicted octanol–water partition coefficient (Wildman–Crippen LogP) is 3.79. The lowest BCUT2D eigenvalue weighted by atomic mass is 10.1. The molecule has 1 saturated heterocycles. The van der Waals surface area contributed by atoms with Crippen molar-refractivity contribution in [3.8, 4) is 0 Å². The number of carbonyl (C=O) groups excluding carboxylic acids is 1. The van der Waals surface area contributed by atoms with Gasteiger partial charge in [-0.3, -0.25) is 4.98 Å². The molecule has 27 heavy (non-hydrogen) atoms. The lowest BCUT2D eigenvalue weighted by Crippen LogP contribution is -2.52. The molecular weight excluding hydrogens is 381 g/mol. The zero-order valence-electron chi connectivity index (χ0n) is 14.3. The molecule has 5 nitrogen and oxygen atoms in total. The number of carbonyl (C=O) groups is 1. The average molecular weight is 399 g/mol. The lowest BCUT2D eigenvalue weighted by molar-refractivity contribution is -0.137. The van der Waals surface area contributed by atoms with Gasteiger partial charge in [0.2, 0.25) is 0 Å². The highest BCUT2D eigenvalue weighted by Crippen LogP contribution is 2.38. The van der Waals surface area contributed by atoms with Gasteiger partial charge in [0.1, 0.15) is 0 Å². The van der Waals surface area contributed by atoms with Gasteiger partial charge >= 0.3 is 12.2 Å². The van der Waals surface area contributed by atoms with Crippen molar-refractivity contribution in [3.05, 3.63) is 58.9 Å². The molecule has 0 spiro atoms. The molecule has 2 aromatic rings. The number of piperazine rings is 1. The smallest absolute Gasteiger partial charge is 0.367 e. The van der Waals surface area contributed by atoms with Gasteiger partial charge in [0.25, 0.3) is 0 Å². The van der Waals surface area contributed by atoms with Crippen LogP contribution >= 0.6 is 11.6 Å². The number of alkyl halides is 3. The van der Waals surface area contributed by atoms with Crippen LogP contribution in [-0.2, 0) is 12.7 Å². The molecule has 2 heterocycles. The molecule has 2 amide bonds. The maximum Gasteiger partial charge on any atom is 0.418 e. The van der Waals surface area contributed by atoms with Crippen LogP contribution in [0.4, 0.5) is 23.7 Å². The number of pyridine rings is 1. The number of aromatic nitrogens is 1. The number of amides is 2. The highest BCUT2D eigenvalue weighted by Gasteiger charge is 2.36. The third-order valence-electron chi connectivity index (χ3n) is 4.36. The Hall–Kier alpha value is -2.48. The molecule has 3 rings (SSSR count). The molecule has 0 saturated carbocycles. The van der Waals surface area contributed by atoms with Gasteiger partial charge in [0, 0.05) is 55.8 Å². The molecule has 9 heteroatoms. The van der Waals surface area contributed by atoms with Crippen molar-refractivity contribution in [1.82, 2.24) is 15.2 Å². The first kappa shape index (κ1) is 19.3. The minimum Gasteiger partial charge on any atom is -0.367 e. The summed E-state index contributed by atoms with van der Waals surface area (Å²) in [5.74, 6) is 0. The molecule has 1 fully saturated rings. The van der Waals surface area contributed by atoms with Gasteiger partial charge in [-0.05, 0) is 35.9 Å². The topological polar surface area (TPSA) is 48.5 Å². The van der Waals surface area contributed by atoms with Crippen molar-refractivity contribution in [2.75, 3.05) is 31.1 Å². The number of rotatable bonds is 3. The van der Waals surface area contributed by atoms with Gasteiger partial charge in [-0.15, -0.1) is 0 Å². The van der Waals surface area contributed by atoms with Crippen LogP contribution in [0.2, 0.25) is 5.02 Å². The molecule has 1 aromatic heterocycles. The van der Waals surface area contributed by atoms with Crippen molar-refractivity contribution >= 4 is 23.3 Å². The van der Waals surface area contributed by atoms with Crippen LogP contribution in [-0.4, -0.2) is 42.1 Å². The van der Waals surface area contributed by atoms with E-state index in [1.54, 1.807) is 34.3 Å². The Labute approximate surface area is 159 Å². The predicted molar refractivity (Wildman–Crippen MR) is 96.7 cm³/mol. The van der Waals surface area contributed by atoms with Crippen molar-refractivity contribution < 1.29 is 18.0 Å². The standard InChI is InChI=1S/C18H18ClF3N4O/c19-14-1-2-16(15(11-14)18(20,21)22)25-7-9-26(10-8-25)17(27)24-12-13-3-5-23-6-4-13/h1-6,11H,7-10,12H2,(H,24,27). The average Bonchev–Trinajstić information content (AvgIpc) is 2.66. The van der Waals surface area contributed by atoms with Gasteiger partial charge in [-0.2, -0.15) is 13.2 Å². The molecular formula is C18H18ClF3N4O. The molecule has 0 radical (unpaired) electrons. The van der Waals surface area contributed by atoms with E-state index >= 15 is 0 Å². The molecule has 0 aliphatic carbocycles. The second kappa shape index (κ2) is 8.04. The normalized spacial score (nSPS) is 15.0. The number of urea groups is 1. The Morgan fingerprint density at radius 2 is 1.78 bits per heavy atom. The van der Waals surface area contributed by atoms with E-state index in [9.17, 15) is 18.0 Å². The summed E-state index contributed by atoms with van der Waals surface area (Å²) in [4.78, 5) is 19.4. The minimum absolute atomic E-state index is 0.0419. The Morgan fingerprint density at radius 1 is 1.11 bits per heavy atom. The van der Waals surface area contributed by atoms with E-state index < -0.39 is 11.7 Å². The summed E-state index contributed by atoms with van der Waals surface area (Å²) < 4.78 is 39.9. The number of nitrogens with zero attached hydrogens (tertiary/aromatic N) is 3. The van der Waals surface area contributed by atoms with E-state index in [1.165, 1.54) is 12.1 Å². The summed E-state index contributed by atoms with van der Waals surface area (Å²) in [7, 11) is 0. The quantitative estimate of drug-likeness (QED) is 0.855. The van der Waals surface area contributed by atoms with Crippen molar-refractivity contribution in [3.63, 3.8) is 0 Å². The number of nitrogens with one attached hydrogen (secondary N) is 1. The van der Waals surface area contributed by atoms with Crippen molar-refractivity contribution in [2.24, 2.45) is 0 Å². The number of hydrogen-bond acceptors (Lipinski definition) is 3. The maximum absolute atomic E-state index is 13.3. The molecule has 144 valence electrons. The van der Waals surface area contributed by atoms with Crippen LogP contribution in [0.3, 0.4) is 0 Å². The first-order valence-electron chi connectivity index (χ1n) is 8.38. The van der Waals surface area contributed by atoms with Gasteiger partial charge in [-0.25, -0.2) is 4.79 Å². The summed E-state index contributed by atoms with van der Waals surface area (Å²) in [6.45, 7) is 1.67. The Balaban J connectivity index is 1.60. The molecule has 0 atom stereocenters. The van der Waals surface area contributed by atoms with Gasteiger partial charge in [0.15, 0.2) is 0 Å². The van der Waals surface area contributed by atoms with E-state index in [0.717, 1.165) is 11.6 Å². The molecule has 0 bridgehead atoms. The van der Waals surface area contributed by atoms with Crippen LogP contribution in [0, 0.1) is 0 Å². The molecule has 0 unspecified atom stereocenters. The second-order valence-electron chi connectivity index (χ2n) is 6.15. The zero-order valence-corrected chi connectivity index (χ0v) is 15.1. The summed E-state index contributed by atoms with van der Waals surface area (Å²) in [6, 6.07) is 7.13. The number of anilines is 1. The number of halogens is 4. The number of hydrogen-bond donors (Lipinski definition) is 1. The van der Waals surface area contributed by atoms with E-state index in [1.807, 2.05) is 0 Å². The van der Waals surface area contributed by atoms with Crippen LogP contribution in [0.1, 0.15) is 11.1 Å². The first-order chi connectivity index (χ1) is 12.8. The van der Waals surface area contributed by atoms with Crippen LogP contribution in [0.5, 0.6) is 0 Å². The first-order valence-corrected chi connectivity index (χ1v) is 8.76. The number of benzene rings is 1. The van der Waals surface area contributed by atoms with Crippen molar-refractivity contribution in [2.45, 2.75) is 12.7 Å². The van der Waals surface area contributed by atoms with Gasteiger partial charge < -0.3 is 15.1 Å². The van der Waals surface area contributed by atoms with Crippen LogP contribution in [0.25, 0.3) is 0 Å². The summed E-state index contributed by atoms with van der Waals surface area (Å²) in [6.07, 6.45) is -1.20. The van der Waals surface area contributed by atoms with Gasteiger partial charge in [0.05, 0.1) is 5.56 Å². The molecule has 1 aromatic carbocycles. The third kappa shape index (κ3) is 4.82. The highest BCUT2D eigenvalue weighted by atomic mass is 35.5. The molecule has 1 aliphatic heterocycles. The summed E-state index contributed by atoms with van der Waals surface area (Å²) in [5.41, 5.74) is 0.252. The highest BCUT2D eigenvalue weighted by molar-refractivity contribution is 6.30. The molecule has 1 N–H and O–H groups in total. The van der Waals surface area contributed by atoms with Crippen LogP contribution in [0.15, 0.2) is 42.7 Å².